The first-order valence-electron chi connectivity index (χ1n) is 6.31. The van der Waals surface area contributed by atoms with Crippen molar-refractivity contribution in [1.29, 1.82) is 5.26 Å². The van der Waals surface area contributed by atoms with Gasteiger partial charge in [-0.1, -0.05) is 12.1 Å². The molecule has 0 aliphatic carbocycles. The molecule has 0 unspecified atom stereocenters. The first kappa shape index (κ1) is 16.1. The van der Waals surface area contributed by atoms with Crippen LogP contribution in [0.3, 0.4) is 0 Å². The summed E-state index contributed by atoms with van der Waals surface area (Å²) in [4.78, 5) is -0.0964. The number of sulfonamides is 1. The first-order chi connectivity index (χ1) is 10.3. The van der Waals surface area contributed by atoms with Crippen molar-refractivity contribution in [3.63, 3.8) is 0 Å². The molecule has 4 nitrogen and oxygen atoms in total. The van der Waals surface area contributed by atoms with Crippen LogP contribution >= 0.6 is 0 Å². The summed E-state index contributed by atoms with van der Waals surface area (Å²) in [5, 5.41) is 8.80. The minimum Gasteiger partial charge on any atom is -0.207 e. The SMILES string of the molecule is C[C@H](NS(=O)(=O)c1cccc(C#N)c1)c1ccc(F)cc1F. The van der Waals surface area contributed by atoms with Crippen molar-refractivity contribution in [3.8, 4) is 6.07 Å². The monoisotopic (exact) mass is 322 g/mol. The highest BCUT2D eigenvalue weighted by atomic mass is 32.2. The zero-order valence-electron chi connectivity index (χ0n) is 11.5. The fourth-order valence-corrected chi connectivity index (χ4v) is 3.22. The Labute approximate surface area is 127 Å². The van der Waals surface area contributed by atoms with E-state index in [2.05, 4.69) is 4.72 Å². The fraction of sp³-hybridized carbons (Fsp3) is 0.133. The molecule has 0 saturated heterocycles. The van der Waals surface area contributed by atoms with Gasteiger partial charge < -0.3 is 0 Å². The van der Waals surface area contributed by atoms with Crippen molar-refractivity contribution in [1.82, 2.24) is 4.72 Å². The van der Waals surface area contributed by atoms with E-state index in [1.54, 1.807) is 0 Å². The van der Waals surface area contributed by atoms with Crippen LogP contribution in [0.15, 0.2) is 47.4 Å². The summed E-state index contributed by atoms with van der Waals surface area (Å²) in [5.41, 5.74) is 0.227. The summed E-state index contributed by atoms with van der Waals surface area (Å²) in [6, 6.07) is 9.35. The standard InChI is InChI=1S/C15H12F2N2O2S/c1-10(14-6-5-12(16)8-15(14)17)19-22(20,21)13-4-2-3-11(7-13)9-18/h2-8,10,19H,1H3/t10-/m0/s1. The molecule has 0 aliphatic rings. The van der Waals surface area contributed by atoms with Crippen molar-refractivity contribution >= 4 is 10.0 Å². The molecule has 22 heavy (non-hydrogen) atoms. The highest BCUT2D eigenvalue weighted by Crippen LogP contribution is 2.20. The van der Waals surface area contributed by atoms with Crippen molar-refractivity contribution in [2.75, 3.05) is 0 Å². The van der Waals surface area contributed by atoms with Gasteiger partial charge in [0.1, 0.15) is 11.6 Å². The Bertz CT molecular complexity index is 845. The summed E-state index contributed by atoms with van der Waals surface area (Å²) in [6.07, 6.45) is 0. The molecule has 1 N–H and O–H groups in total. The molecule has 2 aromatic rings. The van der Waals surface area contributed by atoms with Gasteiger partial charge in [0.25, 0.3) is 0 Å². The number of halogens is 2. The smallest absolute Gasteiger partial charge is 0.207 e. The molecule has 0 amide bonds. The molecular formula is C15H12F2N2O2S. The largest absolute Gasteiger partial charge is 0.241 e. The lowest BCUT2D eigenvalue weighted by atomic mass is 10.1. The van der Waals surface area contributed by atoms with Gasteiger partial charge in [0.05, 0.1) is 16.5 Å². The summed E-state index contributed by atoms with van der Waals surface area (Å²) in [7, 11) is -3.93. The van der Waals surface area contributed by atoms with Crippen LogP contribution in [0.4, 0.5) is 8.78 Å². The molecule has 0 heterocycles. The Hall–Kier alpha value is -2.30. The molecule has 2 aromatic carbocycles. The Morgan fingerprint density at radius 2 is 1.91 bits per heavy atom. The normalized spacial score (nSPS) is 12.6. The van der Waals surface area contributed by atoms with Gasteiger partial charge in [0, 0.05) is 17.7 Å². The average Bonchev–Trinajstić information content (AvgIpc) is 2.46. The quantitative estimate of drug-likeness (QED) is 0.941. The van der Waals surface area contributed by atoms with E-state index in [1.165, 1.54) is 37.3 Å². The molecule has 0 spiro atoms. The third-order valence-electron chi connectivity index (χ3n) is 3.03. The lowest BCUT2D eigenvalue weighted by Gasteiger charge is -2.15. The summed E-state index contributed by atoms with van der Waals surface area (Å²) >= 11 is 0. The second kappa shape index (κ2) is 6.22. The van der Waals surface area contributed by atoms with Gasteiger partial charge in [0.2, 0.25) is 10.0 Å². The summed E-state index contributed by atoms with van der Waals surface area (Å²) in [5.74, 6) is -1.57. The van der Waals surface area contributed by atoms with E-state index in [-0.39, 0.29) is 16.0 Å². The molecular weight excluding hydrogens is 310 g/mol. The van der Waals surface area contributed by atoms with E-state index in [4.69, 9.17) is 5.26 Å². The number of rotatable bonds is 4. The second-order valence-electron chi connectivity index (χ2n) is 4.65. The topological polar surface area (TPSA) is 70.0 Å². The summed E-state index contributed by atoms with van der Waals surface area (Å²) < 4.78 is 53.4. The van der Waals surface area contributed by atoms with Gasteiger partial charge in [0.15, 0.2) is 0 Å². The van der Waals surface area contributed by atoms with Crippen LogP contribution in [0.2, 0.25) is 0 Å². The zero-order valence-corrected chi connectivity index (χ0v) is 12.4. The molecule has 0 bridgehead atoms. The Balaban J connectivity index is 2.30. The van der Waals surface area contributed by atoms with Crippen LogP contribution in [-0.2, 0) is 10.0 Å². The Morgan fingerprint density at radius 3 is 2.55 bits per heavy atom. The van der Waals surface area contributed by atoms with Gasteiger partial charge in [-0.15, -0.1) is 0 Å². The van der Waals surface area contributed by atoms with Crippen LogP contribution in [0.25, 0.3) is 0 Å². The van der Waals surface area contributed by atoms with Crippen molar-refractivity contribution < 1.29 is 17.2 Å². The van der Waals surface area contributed by atoms with Gasteiger partial charge in [-0.2, -0.15) is 5.26 Å². The number of hydrogen-bond acceptors (Lipinski definition) is 3. The molecule has 0 aromatic heterocycles. The van der Waals surface area contributed by atoms with Gasteiger partial charge in [-0.05, 0) is 31.2 Å². The van der Waals surface area contributed by atoms with Gasteiger partial charge in [-0.3, -0.25) is 0 Å². The highest BCUT2D eigenvalue weighted by Gasteiger charge is 2.20. The van der Waals surface area contributed by atoms with E-state index in [0.29, 0.717) is 6.07 Å². The molecule has 0 radical (unpaired) electrons. The van der Waals surface area contributed by atoms with E-state index < -0.39 is 27.7 Å². The van der Waals surface area contributed by atoms with Crippen LogP contribution in [0.5, 0.6) is 0 Å². The third-order valence-corrected chi connectivity index (χ3v) is 4.57. The van der Waals surface area contributed by atoms with Crippen molar-refractivity contribution in [3.05, 3.63) is 65.2 Å². The van der Waals surface area contributed by atoms with Crippen molar-refractivity contribution in [2.45, 2.75) is 17.9 Å². The van der Waals surface area contributed by atoms with Crippen LogP contribution in [0.1, 0.15) is 24.1 Å². The lowest BCUT2D eigenvalue weighted by Crippen LogP contribution is -2.27. The molecule has 2 rings (SSSR count). The van der Waals surface area contributed by atoms with E-state index in [1.807, 2.05) is 6.07 Å². The maximum atomic E-state index is 13.7. The van der Waals surface area contributed by atoms with E-state index in [9.17, 15) is 17.2 Å². The fourth-order valence-electron chi connectivity index (χ4n) is 1.95. The van der Waals surface area contributed by atoms with Gasteiger partial charge in [-0.25, -0.2) is 21.9 Å². The molecule has 114 valence electrons. The van der Waals surface area contributed by atoms with E-state index >= 15 is 0 Å². The minimum atomic E-state index is -3.93. The molecule has 1 atom stereocenters. The summed E-state index contributed by atoms with van der Waals surface area (Å²) in [6.45, 7) is 1.45. The van der Waals surface area contributed by atoms with Crippen LogP contribution in [-0.4, -0.2) is 8.42 Å². The predicted octanol–water partition coefficient (Wildman–Crippen LogP) is 2.88. The molecule has 7 heteroatoms. The number of hydrogen-bond donors (Lipinski definition) is 1. The Kier molecular flexibility index (Phi) is 4.54. The van der Waals surface area contributed by atoms with Crippen molar-refractivity contribution in [2.24, 2.45) is 0 Å². The van der Waals surface area contributed by atoms with Crippen LogP contribution < -0.4 is 4.72 Å². The number of nitrogens with zero attached hydrogens (tertiary/aromatic N) is 1. The first-order valence-corrected chi connectivity index (χ1v) is 7.79. The number of benzene rings is 2. The molecule has 0 aliphatic heterocycles. The zero-order chi connectivity index (χ0) is 16.3. The number of nitriles is 1. The average molecular weight is 322 g/mol. The van der Waals surface area contributed by atoms with Gasteiger partial charge >= 0.3 is 0 Å². The maximum absolute atomic E-state index is 13.7. The highest BCUT2D eigenvalue weighted by molar-refractivity contribution is 7.89. The maximum Gasteiger partial charge on any atom is 0.241 e. The van der Waals surface area contributed by atoms with E-state index in [0.717, 1.165) is 6.07 Å². The minimum absolute atomic E-state index is 0.0291. The van der Waals surface area contributed by atoms with Crippen LogP contribution in [0, 0.1) is 23.0 Å². The lowest BCUT2D eigenvalue weighted by molar-refractivity contribution is 0.540. The third kappa shape index (κ3) is 3.47. The predicted molar refractivity (Wildman–Crippen MR) is 76.3 cm³/mol. The Morgan fingerprint density at radius 1 is 1.18 bits per heavy atom. The second-order valence-corrected chi connectivity index (χ2v) is 6.36. The molecule has 0 fully saturated rings. The molecule has 0 saturated carbocycles. The number of nitrogens with one attached hydrogen (secondary N) is 1.